The minimum Gasteiger partial charge on any atom is -0.395 e. The summed E-state index contributed by atoms with van der Waals surface area (Å²) in [7, 11) is 0. The summed E-state index contributed by atoms with van der Waals surface area (Å²) in [6.07, 6.45) is 0. The van der Waals surface area contributed by atoms with Gasteiger partial charge in [0.25, 0.3) is 0 Å². The van der Waals surface area contributed by atoms with Crippen molar-refractivity contribution in [2.24, 2.45) is 10.2 Å². The van der Waals surface area contributed by atoms with E-state index in [1.54, 1.807) is 0 Å². The Hall–Kier alpha value is -2.44. The number of benzene rings is 2. The van der Waals surface area contributed by atoms with Gasteiger partial charge in [-0.25, -0.2) is 0 Å². The van der Waals surface area contributed by atoms with Crippen LogP contribution >= 0.6 is 0 Å². The maximum absolute atomic E-state index is 9.10. The van der Waals surface area contributed by atoms with Gasteiger partial charge >= 0.3 is 0 Å². The molecular weight excluding hydrogens is 328 g/mol. The van der Waals surface area contributed by atoms with Gasteiger partial charge < -0.3 is 20.0 Å². The lowest BCUT2D eigenvalue weighted by molar-refractivity contribution is 0.302. The lowest BCUT2D eigenvalue weighted by atomic mass is 10.2. The third-order valence-corrected chi connectivity index (χ3v) is 4.21. The lowest BCUT2D eigenvalue weighted by Gasteiger charge is -2.21. The van der Waals surface area contributed by atoms with E-state index in [0.29, 0.717) is 13.1 Å². The topological polar surface area (TPSA) is 71.7 Å². The molecule has 0 heterocycles. The molecule has 26 heavy (non-hydrogen) atoms. The smallest absolute Gasteiger partial charge is 0.0858 e. The van der Waals surface area contributed by atoms with Gasteiger partial charge in [0.2, 0.25) is 0 Å². The van der Waals surface area contributed by atoms with Crippen molar-refractivity contribution in [2.75, 3.05) is 49.2 Å². The van der Waals surface area contributed by atoms with Crippen molar-refractivity contribution in [3.05, 3.63) is 48.5 Å². The van der Waals surface area contributed by atoms with Gasteiger partial charge in [-0.1, -0.05) is 0 Å². The molecule has 0 aliphatic carbocycles. The van der Waals surface area contributed by atoms with E-state index >= 15 is 0 Å². The van der Waals surface area contributed by atoms with Gasteiger partial charge in [0, 0.05) is 37.6 Å². The summed E-state index contributed by atoms with van der Waals surface area (Å²) in [5.74, 6) is 0. The van der Waals surface area contributed by atoms with Crippen LogP contribution in [0.1, 0.15) is 13.8 Å². The van der Waals surface area contributed by atoms with Crippen molar-refractivity contribution in [1.82, 2.24) is 0 Å². The monoisotopic (exact) mass is 356 g/mol. The molecule has 2 rings (SSSR count). The van der Waals surface area contributed by atoms with Gasteiger partial charge in [0.15, 0.2) is 0 Å². The van der Waals surface area contributed by atoms with Crippen molar-refractivity contribution in [3.8, 4) is 0 Å². The normalized spacial score (nSPS) is 11.1. The summed E-state index contributed by atoms with van der Waals surface area (Å²) in [4.78, 5) is 4.21. The van der Waals surface area contributed by atoms with E-state index in [2.05, 4.69) is 33.9 Å². The Balaban J connectivity index is 2.03. The summed E-state index contributed by atoms with van der Waals surface area (Å²) < 4.78 is 0. The Morgan fingerprint density at radius 2 is 1.00 bits per heavy atom. The van der Waals surface area contributed by atoms with Crippen LogP contribution in [0.25, 0.3) is 0 Å². The minimum atomic E-state index is 0.138. The molecule has 6 nitrogen and oxygen atoms in total. The van der Waals surface area contributed by atoms with Gasteiger partial charge in [0.1, 0.15) is 0 Å². The number of likely N-dealkylation sites (N-methyl/N-ethyl adjacent to an activating group) is 2. The van der Waals surface area contributed by atoms with Crippen LogP contribution in [0.5, 0.6) is 0 Å². The minimum absolute atomic E-state index is 0.138. The second-order valence-electron chi connectivity index (χ2n) is 5.84. The first kappa shape index (κ1) is 19.9. The molecule has 0 bridgehead atoms. The van der Waals surface area contributed by atoms with Crippen LogP contribution in [0, 0.1) is 0 Å². The lowest BCUT2D eigenvalue weighted by Crippen LogP contribution is -2.25. The predicted molar refractivity (Wildman–Crippen MR) is 107 cm³/mol. The molecular formula is C20H28N4O2. The zero-order valence-electron chi connectivity index (χ0n) is 15.5. The van der Waals surface area contributed by atoms with Gasteiger partial charge in [-0.2, -0.15) is 10.2 Å². The number of aliphatic hydroxyl groups is 2. The quantitative estimate of drug-likeness (QED) is 0.636. The molecule has 2 aromatic rings. The van der Waals surface area contributed by atoms with Crippen LogP contribution in [-0.4, -0.2) is 49.6 Å². The fourth-order valence-electron chi connectivity index (χ4n) is 2.76. The van der Waals surface area contributed by atoms with Crippen LogP contribution in [0.15, 0.2) is 58.8 Å². The Morgan fingerprint density at radius 3 is 1.27 bits per heavy atom. The highest BCUT2D eigenvalue weighted by Crippen LogP contribution is 2.24. The number of aliphatic hydroxyl groups excluding tert-OH is 2. The highest BCUT2D eigenvalue weighted by molar-refractivity contribution is 5.54. The van der Waals surface area contributed by atoms with Crippen LogP contribution in [0.3, 0.4) is 0 Å². The highest BCUT2D eigenvalue weighted by atomic mass is 16.3. The number of hydrogen-bond acceptors (Lipinski definition) is 6. The standard InChI is InChI=1S/C20H28N4O2/c1-3-23(13-15-25)19-9-5-17(6-10-19)21-22-18-7-11-20(12-8-18)24(4-2)14-16-26/h5-12,25-26H,3-4,13-16H2,1-2H3. The molecule has 0 unspecified atom stereocenters. The summed E-state index contributed by atoms with van der Waals surface area (Å²) >= 11 is 0. The van der Waals surface area contributed by atoms with E-state index in [-0.39, 0.29) is 13.2 Å². The van der Waals surface area contributed by atoms with Gasteiger partial charge in [-0.3, -0.25) is 0 Å². The van der Waals surface area contributed by atoms with Crippen molar-refractivity contribution in [1.29, 1.82) is 0 Å². The largest absolute Gasteiger partial charge is 0.395 e. The van der Waals surface area contributed by atoms with Gasteiger partial charge in [-0.05, 0) is 62.4 Å². The number of anilines is 2. The van der Waals surface area contributed by atoms with E-state index < -0.39 is 0 Å². The molecule has 0 saturated heterocycles. The fourth-order valence-corrected chi connectivity index (χ4v) is 2.76. The summed E-state index contributed by atoms with van der Waals surface area (Å²) in [6.45, 7) is 7.33. The molecule has 2 N–H and O–H groups in total. The first-order chi connectivity index (χ1) is 12.7. The van der Waals surface area contributed by atoms with Crippen LogP contribution in [0.2, 0.25) is 0 Å². The molecule has 0 aliphatic rings. The number of nitrogens with zero attached hydrogens (tertiary/aromatic N) is 4. The van der Waals surface area contributed by atoms with Crippen LogP contribution in [0.4, 0.5) is 22.7 Å². The predicted octanol–water partition coefficient (Wildman–Crippen LogP) is 3.74. The first-order valence-electron chi connectivity index (χ1n) is 9.05. The van der Waals surface area contributed by atoms with Crippen molar-refractivity contribution in [2.45, 2.75) is 13.8 Å². The third kappa shape index (κ3) is 5.54. The second-order valence-corrected chi connectivity index (χ2v) is 5.84. The Morgan fingerprint density at radius 1 is 0.654 bits per heavy atom. The Kier molecular flexibility index (Phi) is 8.05. The SMILES string of the molecule is CCN(CCO)c1ccc(N=Nc2ccc(N(CC)CCO)cc2)cc1. The van der Waals surface area contributed by atoms with E-state index in [0.717, 1.165) is 35.8 Å². The molecule has 140 valence electrons. The molecule has 0 aliphatic heterocycles. The fraction of sp³-hybridized carbons (Fsp3) is 0.400. The average Bonchev–Trinajstić information content (AvgIpc) is 2.69. The van der Waals surface area contributed by atoms with Crippen LogP contribution < -0.4 is 9.80 Å². The zero-order valence-corrected chi connectivity index (χ0v) is 15.5. The zero-order chi connectivity index (χ0) is 18.8. The molecule has 0 radical (unpaired) electrons. The molecule has 0 spiro atoms. The molecule has 0 saturated carbocycles. The average molecular weight is 356 g/mol. The summed E-state index contributed by atoms with van der Waals surface area (Å²) in [5, 5.41) is 26.8. The van der Waals surface area contributed by atoms with Gasteiger partial charge in [-0.15, -0.1) is 0 Å². The van der Waals surface area contributed by atoms with Crippen molar-refractivity contribution < 1.29 is 10.2 Å². The molecule has 0 atom stereocenters. The number of hydrogen-bond donors (Lipinski definition) is 2. The van der Waals surface area contributed by atoms with E-state index in [1.807, 2.05) is 48.5 Å². The molecule has 6 heteroatoms. The van der Waals surface area contributed by atoms with Crippen LogP contribution in [-0.2, 0) is 0 Å². The van der Waals surface area contributed by atoms with Crippen molar-refractivity contribution in [3.63, 3.8) is 0 Å². The molecule has 2 aromatic carbocycles. The molecule has 0 aromatic heterocycles. The molecule has 0 amide bonds. The Bertz CT molecular complexity index is 612. The first-order valence-corrected chi connectivity index (χ1v) is 9.05. The summed E-state index contributed by atoms with van der Waals surface area (Å²) in [6, 6.07) is 15.7. The Labute approximate surface area is 155 Å². The van der Waals surface area contributed by atoms with E-state index in [4.69, 9.17) is 10.2 Å². The maximum atomic E-state index is 9.10. The number of azo groups is 1. The number of rotatable bonds is 10. The van der Waals surface area contributed by atoms with E-state index in [1.165, 1.54) is 0 Å². The maximum Gasteiger partial charge on any atom is 0.0858 e. The molecule has 0 fully saturated rings. The highest BCUT2D eigenvalue weighted by Gasteiger charge is 2.04. The summed E-state index contributed by atoms with van der Waals surface area (Å²) in [5.41, 5.74) is 3.70. The third-order valence-electron chi connectivity index (χ3n) is 4.21. The van der Waals surface area contributed by atoms with Gasteiger partial charge in [0.05, 0.1) is 24.6 Å². The van der Waals surface area contributed by atoms with E-state index in [9.17, 15) is 0 Å². The van der Waals surface area contributed by atoms with Crippen molar-refractivity contribution >= 4 is 22.7 Å². The second kappa shape index (κ2) is 10.5.